The molecule has 0 aliphatic carbocycles. The number of hydrogen-bond donors (Lipinski definition) is 2. The molecule has 0 spiro atoms. The van der Waals surface area contributed by atoms with Gasteiger partial charge in [-0.15, -0.1) is 11.3 Å². The van der Waals surface area contributed by atoms with Crippen LogP contribution in [0.5, 0.6) is 0 Å². The van der Waals surface area contributed by atoms with Crippen molar-refractivity contribution in [1.29, 1.82) is 0 Å². The summed E-state index contributed by atoms with van der Waals surface area (Å²) in [6.07, 6.45) is -0.0442. The Balaban J connectivity index is 2.53. The summed E-state index contributed by atoms with van der Waals surface area (Å²) in [7, 11) is -4.42. The van der Waals surface area contributed by atoms with E-state index in [0.29, 0.717) is 0 Å². The third-order valence-corrected chi connectivity index (χ3v) is 2.52. The highest BCUT2D eigenvalue weighted by Gasteiger charge is 2.10. The summed E-state index contributed by atoms with van der Waals surface area (Å²) in [5.74, 6) is -0.745. The van der Waals surface area contributed by atoms with Crippen LogP contribution in [0.4, 0.5) is 0 Å². The zero-order chi connectivity index (χ0) is 9.90. The van der Waals surface area contributed by atoms with Gasteiger partial charge in [-0.1, -0.05) is 6.07 Å². The summed E-state index contributed by atoms with van der Waals surface area (Å²) in [6.45, 7) is 0. The van der Waals surface area contributed by atoms with Crippen LogP contribution in [0.1, 0.15) is 4.88 Å². The Bertz CT molecular complexity index is 381. The molecular formula is C6H7NO4S2. The fourth-order valence-corrected chi connectivity index (χ4v) is 1.81. The van der Waals surface area contributed by atoms with E-state index in [2.05, 4.69) is 0 Å². The normalized spacial score (nSPS) is 11.2. The molecule has 13 heavy (non-hydrogen) atoms. The number of nitrogens with one attached hydrogen (secondary N) is 1. The average molecular weight is 221 g/mol. The second-order valence-electron chi connectivity index (χ2n) is 2.26. The molecule has 0 saturated heterocycles. The Morgan fingerprint density at radius 1 is 1.62 bits per heavy atom. The molecule has 2 N–H and O–H groups in total. The molecule has 0 aromatic carbocycles. The van der Waals surface area contributed by atoms with Crippen LogP contribution in [0.25, 0.3) is 0 Å². The van der Waals surface area contributed by atoms with Crippen molar-refractivity contribution in [2.24, 2.45) is 0 Å². The van der Waals surface area contributed by atoms with Crippen LogP contribution in [0.15, 0.2) is 17.5 Å². The zero-order valence-corrected chi connectivity index (χ0v) is 8.06. The predicted molar refractivity (Wildman–Crippen MR) is 47.7 cm³/mol. The highest BCUT2D eigenvalue weighted by Crippen LogP contribution is 2.08. The van der Waals surface area contributed by atoms with Crippen LogP contribution in [-0.2, 0) is 21.5 Å². The van der Waals surface area contributed by atoms with Gasteiger partial charge in [-0.3, -0.25) is 9.35 Å². The molecule has 0 saturated carbocycles. The molecule has 5 nitrogen and oxygen atoms in total. The van der Waals surface area contributed by atoms with Gasteiger partial charge in [0, 0.05) is 4.88 Å². The van der Waals surface area contributed by atoms with Crippen LogP contribution >= 0.6 is 11.3 Å². The first-order chi connectivity index (χ1) is 5.97. The van der Waals surface area contributed by atoms with Gasteiger partial charge >= 0.3 is 10.3 Å². The summed E-state index contributed by atoms with van der Waals surface area (Å²) < 4.78 is 30.1. The van der Waals surface area contributed by atoms with Gasteiger partial charge in [-0.25, -0.2) is 4.72 Å². The topological polar surface area (TPSA) is 83.5 Å². The van der Waals surface area contributed by atoms with Gasteiger partial charge in [-0.2, -0.15) is 8.42 Å². The number of amides is 1. The van der Waals surface area contributed by atoms with Gasteiger partial charge < -0.3 is 0 Å². The molecule has 0 fully saturated rings. The van der Waals surface area contributed by atoms with Crippen molar-refractivity contribution >= 4 is 27.5 Å². The minimum atomic E-state index is -4.42. The van der Waals surface area contributed by atoms with Crippen LogP contribution < -0.4 is 4.72 Å². The van der Waals surface area contributed by atoms with Crippen LogP contribution in [-0.4, -0.2) is 18.9 Å². The minimum absolute atomic E-state index is 0.0442. The number of rotatable bonds is 3. The van der Waals surface area contributed by atoms with E-state index in [-0.39, 0.29) is 6.42 Å². The monoisotopic (exact) mass is 221 g/mol. The second kappa shape index (κ2) is 3.86. The highest BCUT2D eigenvalue weighted by atomic mass is 32.2. The maximum atomic E-state index is 10.9. The SMILES string of the molecule is O=C(Cc1cccs1)NS(=O)(=O)O. The van der Waals surface area contributed by atoms with E-state index in [0.717, 1.165) is 4.88 Å². The molecule has 1 amide bonds. The second-order valence-corrected chi connectivity index (χ2v) is 4.44. The summed E-state index contributed by atoms with van der Waals surface area (Å²) in [5.41, 5.74) is 0. The third kappa shape index (κ3) is 4.02. The summed E-state index contributed by atoms with van der Waals surface area (Å²) in [5, 5.41) is 1.77. The molecule has 0 radical (unpaired) electrons. The lowest BCUT2D eigenvalue weighted by Gasteiger charge is -1.98. The van der Waals surface area contributed by atoms with Crippen molar-refractivity contribution in [1.82, 2.24) is 4.72 Å². The molecule has 1 rings (SSSR count). The third-order valence-electron chi connectivity index (χ3n) is 1.16. The Morgan fingerprint density at radius 3 is 2.77 bits per heavy atom. The number of thiophene rings is 1. The summed E-state index contributed by atoms with van der Waals surface area (Å²) in [6, 6.07) is 3.45. The summed E-state index contributed by atoms with van der Waals surface area (Å²) >= 11 is 1.34. The Hall–Kier alpha value is -0.920. The smallest absolute Gasteiger partial charge is 0.274 e. The van der Waals surface area contributed by atoms with E-state index in [4.69, 9.17) is 4.55 Å². The Morgan fingerprint density at radius 2 is 2.31 bits per heavy atom. The molecule has 0 unspecified atom stereocenters. The van der Waals surface area contributed by atoms with E-state index in [1.807, 2.05) is 0 Å². The van der Waals surface area contributed by atoms with Gasteiger partial charge in [0.15, 0.2) is 0 Å². The lowest BCUT2D eigenvalue weighted by molar-refractivity contribution is -0.118. The molecule has 0 bridgehead atoms. The lowest BCUT2D eigenvalue weighted by Crippen LogP contribution is -2.30. The van der Waals surface area contributed by atoms with E-state index >= 15 is 0 Å². The first kappa shape index (κ1) is 10.2. The van der Waals surface area contributed by atoms with Crippen molar-refractivity contribution in [3.8, 4) is 0 Å². The fourth-order valence-electron chi connectivity index (χ4n) is 0.751. The number of carbonyl (C=O) groups is 1. The largest absolute Gasteiger partial charge is 0.359 e. The number of carbonyl (C=O) groups excluding carboxylic acids is 1. The minimum Gasteiger partial charge on any atom is -0.274 e. The van der Waals surface area contributed by atoms with E-state index in [9.17, 15) is 13.2 Å². The predicted octanol–water partition coefficient (Wildman–Crippen LogP) is 0.210. The standard InChI is InChI=1S/C6H7NO4S2/c8-6(7-13(9,10)11)4-5-2-1-3-12-5/h1-3H,4H2,(H,7,8)(H,9,10,11). The van der Waals surface area contributed by atoms with Gasteiger partial charge in [0.2, 0.25) is 5.91 Å². The maximum absolute atomic E-state index is 10.9. The molecule has 0 aliphatic heterocycles. The van der Waals surface area contributed by atoms with Gasteiger partial charge in [-0.05, 0) is 11.4 Å². The molecule has 1 heterocycles. The molecule has 7 heteroatoms. The van der Waals surface area contributed by atoms with Gasteiger partial charge in [0.25, 0.3) is 0 Å². The quantitative estimate of drug-likeness (QED) is 0.715. The molecule has 0 aliphatic rings. The summed E-state index contributed by atoms with van der Waals surface area (Å²) in [4.78, 5) is 11.6. The van der Waals surface area contributed by atoms with Crippen molar-refractivity contribution in [3.05, 3.63) is 22.4 Å². The molecule has 1 aromatic heterocycles. The average Bonchev–Trinajstić information content (AvgIpc) is 2.34. The lowest BCUT2D eigenvalue weighted by atomic mass is 10.3. The zero-order valence-electron chi connectivity index (χ0n) is 6.43. The van der Waals surface area contributed by atoms with Gasteiger partial charge in [0.1, 0.15) is 0 Å². The van der Waals surface area contributed by atoms with Crippen molar-refractivity contribution in [3.63, 3.8) is 0 Å². The molecule has 72 valence electrons. The maximum Gasteiger partial charge on any atom is 0.359 e. The highest BCUT2D eigenvalue weighted by molar-refractivity contribution is 7.84. The first-order valence-corrected chi connectivity index (χ1v) is 5.60. The van der Waals surface area contributed by atoms with Crippen molar-refractivity contribution in [2.75, 3.05) is 0 Å². The fraction of sp³-hybridized carbons (Fsp3) is 0.167. The Labute approximate surface area is 79.3 Å². The molecule has 1 aromatic rings. The molecule has 0 atom stereocenters. The van der Waals surface area contributed by atoms with Crippen LogP contribution in [0, 0.1) is 0 Å². The van der Waals surface area contributed by atoms with Crippen molar-refractivity contribution < 1.29 is 17.8 Å². The Kier molecular flexibility index (Phi) is 3.02. The van der Waals surface area contributed by atoms with Crippen LogP contribution in [0.2, 0.25) is 0 Å². The molecular weight excluding hydrogens is 214 g/mol. The van der Waals surface area contributed by atoms with E-state index in [1.165, 1.54) is 16.1 Å². The van der Waals surface area contributed by atoms with Crippen LogP contribution in [0.3, 0.4) is 0 Å². The van der Waals surface area contributed by atoms with Gasteiger partial charge in [0.05, 0.1) is 6.42 Å². The van der Waals surface area contributed by atoms with E-state index < -0.39 is 16.2 Å². The van der Waals surface area contributed by atoms with Crippen molar-refractivity contribution in [2.45, 2.75) is 6.42 Å². The van der Waals surface area contributed by atoms with E-state index in [1.54, 1.807) is 17.5 Å². The first-order valence-electron chi connectivity index (χ1n) is 3.28. The number of hydrogen-bond acceptors (Lipinski definition) is 4.